The van der Waals surface area contributed by atoms with Crippen molar-refractivity contribution in [3.05, 3.63) is 45.4 Å². The zero-order chi connectivity index (χ0) is 19.4. The van der Waals surface area contributed by atoms with Gasteiger partial charge in [0.05, 0.1) is 28.8 Å². The van der Waals surface area contributed by atoms with Crippen LogP contribution in [-0.4, -0.2) is 17.6 Å². The average molecular weight is 421 g/mol. The smallest absolute Gasteiger partial charge is 0.543 e. The van der Waals surface area contributed by atoms with Crippen molar-refractivity contribution in [1.29, 1.82) is 0 Å². The minimum Gasteiger partial charge on any atom is -0.543 e. The molecule has 28 heavy (non-hydrogen) atoms. The summed E-state index contributed by atoms with van der Waals surface area (Å²) in [6, 6.07) is 3.40. The Morgan fingerprint density at radius 1 is 1.25 bits per heavy atom. The first-order valence-corrected chi connectivity index (χ1v) is 9.69. The second kappa shape index (κ2) is 10.1. The molecule has 0 radical (unpaired) electrons. The largest absolute Gasteiger partial charge is 1.00 e. The third-order valence-electron chi connectivity index (χ3n) is 4.69. The molecule has 9 heteroatoms. The van der Waals surface area contributed by atoms with Crippen molar-refractivity contribution in [2.24, 2.45) is 5.92 Å². The number of hydrogen-bond donors (Lipinski definition) is 0. The number of hydrogen-bond acceptors (Lipinski definition) is 5. The summed E-state index contributed by atoms with van der Waals surface area (Å²) < 4.78 is 45.1. The van der Waals surface area contributed by atoms with Crippen molar-refractivity contribution in [3.8, 4) is 5.75 Å². The number of alkyl halides is 3. The Labute approximate surface area is 187 Å². The molecule has 0 amide bonds. The molecule has 3 rings (SSSR count). The van der Waals surface area contributed by atoms with E-state index in [-0.39, 0.29) is 41.7 Å². The van der Waals surface area contributed by atoms with Gasteiger partial charge in [-0.25, -0.2) is 4.98 Å². The van der Waals surface area contributed by atoms with E-state index in [4.69, 9.17) is 4.74 Å². The molecule has 1 aromatic carbocycles. The zero-order valence-electron chi connectivity index (χ0n) is 15.6. The van der Waals surface area contributed by atoms with Gasteiger partial charge < -0.3 is 14.6 Å². The Balaban J connectivity index is 0.00000280. The number of carboxylic acid groups (broad SMARTS) is 1. The maximum Gasteiger partial charge on any atom is 1.00 e. The van der Waals surface area contributed by atoms with Crippen LogP contribution >= 0.6 is 11.3 Å². The predicted octanol–water partition coefficient (Wildman–Crippen LogP) is 1.08. The number of ether oxygens (including phenoxy) is 1. The van der Waals surface area contributed by atoms with Gasteiger partial charge in [-0.05, 0) is 37.0 Å². The fraction of sp³-hybridized carbons (Fsp3) is 0.474. The number of rotatable bonds is 6. The summed E-state index contributed by atoms with van der Waals surface area (Å²) in [6.07, 6.45) is 1.26. The van der Waals surface area contributed by atoms with E-state index in [1.807, 2.05) is 0 Å². The van der Waals surface area contributed by atoms with Crippen molar-refractivity contribution in [1.82, 2.24) is 4.98 Å². The van der Waals surface area contributed by atoms with Gasteiger partial charge in [-0.15, -0.1) is 11.3 Å². The molecule has 1 aromatic heterocycles. The summed E-state index contributed by atoms with van der Waals surface area (Å²) in [4.78, 5) is 14.8. The normalized spacial score (nSPS) is 15.1. The van der Waals surface area contributed by atoms with Gasteiger partial charge in [-0.1, -0.05) is 19.3 Å². The molecule has 1 heterocycles. The van der Waals surface area contributed by atoms with Crippen molar-refractivity contribution in [3.63, 3.8) is 0 Å². The molecule has 1 fully saturated rings. The number of thiazole rings is 1. The van der Waals surface area contributed by atoms with Crippen LogP contribution in [0.5, 0.6) is 5.75 Å². The van der Waals surface area contributed by atoms with E-state index in [1.165, 1.54) is 17.9 Å². The summed E-state index contributed by atoms with van der Waals surface area (Å²) in [5.41, 5.74) is -0.634. The van der Waals surface area contributed by atoms with Crippen molar-refractivity contribution in [2.45, 2.75) is 44.7 Å². The van der Waals surface area contributed by atoms with Gasteiger partial charge in [0, 0.05) is 17.4 Å². The van der Waals surface area contributed by atoms with Crippen LogP contribution in [0.2, 0.25) is 0 Å². The predicted molar refractivity (Wildman–Crippen MR) is 92.8 cm³/mol. The Kier molecular flexibility index (Phi) is 8.36. The summed E-state index contributed by atoms with van der Waals surface area (Å²) in [5.74, 6) is -0.604. The number of aromatic carboxylic acids is 1. The van der Waals surface area contributed by atoms with Gasteiger partial charge in [-0.2, -0.15) is 13.2 Å². The van der Waals surface area contributed by atoms with E-state index in [2.05, 4.69) is 4.98 Å². The molecule has 4 nitrogen and oxygen atoms in total. The van der Waals surface area contributed by atoms with Crippen LogP contribution in [0.15, 0.2) is 23.6 Å². The topological polar surface area (TPSA) is 62.2 Å². The molecule has 0 aliphatic heterocycles. The third kappa shape index (κ3) is 6.20. The molecule has 1 aliphatic rings. The van der Waals surface area contributed by atoms with E-state index in [0.29, 0.717) is 28.8 Å². The monoisotopic (exact) mass is 421 g/mol. The van der Waals surface area contributed by atoms with Gasteiger partial charge in [0.25, 0.3) is 0 Å². The van der Waals surface area contributed by atoms with Crippen LogP contribution in [0.4, 0.5) is 13.2 Å². The first-order valence-electron chi connectivity index (χ1n) is 8.81. The van der Waals surface area contributed by atoms with E-state index >= 15 is 0 Å². The number of benzene rings is 1. The standard InChI is InChI=1S/C19H20F3NO3S.Na/c20-19(21,22)14-6-7-16(26-10-12-4-2-1-3-5-12)13(8-14)9-17-23-15(11-27-17)18(24)25;/h6-8,11-12H,1-5,9-10H2,(H,24,25);/q;+1/p-1. The number of halogens is 3. The molecular weight excluding hydrogens is 402 g/mol. The Morgan fingerprint density at radius 2 is 1.96 bits per heavy atom. The number of carbonyl (C=O) groups excluding carboxylic acids is 1. The maximum atomic E-state index is 13.1. The molecule has 0 bridgehead atoms. The Bertz CT molecular complexity index is 804. The maximum absolute atomic E-state index is 13.1. The second-order valence-electron chi connectivity index (χ2n) is 6.73. The molecule has 0 spiro atoms. The minimum absolute atomic E-state index is 0. The van der Waals surface area contributed by atoms with Gasteiger partial charge >= 0.3 is 35.7 Å². The number of aromatic nitrogens is 1. The van der Waals surface area contributed by atoms with E-state index in [1.54, 1.807) is 0 Å². The molecule has 0 saturated heterocycles. The van der Waals surface area contributed by atoms with Crippen molar-refractivity contribution >= 4 is 17.3 Å². The molecule has 0 N–H and O–H groups in total. The Hall–Kier alpha value is -1.09. The molecule has 146 valence electrons. The SMILES string of the molecule is O=C([O-])c1csc(Cc2cc(C(F)(F)F)ccc2OCC2CCCCC2)n1.[Na+]. The third-order valence-corrected chi connectivity index (χ3v) is 5.54. The first kappa shape index (κ1) is 23.2. The van der Waals surface area contributed by atoms with Crippen molar-refractivity contribution in [2.75, 3.05) is 6.61 Å². The molecule has 1 saturated carbocycles. The quantitative estimate of drug-likeness (QED) is 0.655. The summed E-state index contributed by atoms with van der Waals surface area (Å²) in [5, 5.41) is 12.6. The van der Waals surface area contributed by atoms with Gasteiger partial charge in [0.1, 0.15) is 5.75 Å². The molecular formula is C19H19F3NNaO3S. The number of carboxylic acids is 1. The number of nitrogens with zero attached hydrogens (tertiary/aromatic N) is 1. The molecule has 0 atom stereocenters. The zero-order valence-corrected chi connectivity index (χ0v) is 18.4. The van der Waals surface area contributed by atoms with E-state index in [9.17, 15) is 23.1 Å². The summed E-state index contributed by atoms with van der Waals surface area (Å²) in [6.45, 7) is 0.473. The minimum atomic E-state index is -4.46. The van der Waals surface area contributed by atoms with Crippen LogP contribution < -0.4 is 39.4 Å². The van der Waals surface area contributed by atoms with Gasteiger partial charge in [0.15, 0.2) is 0 Å². The molecule has 2 aromatic rings. The van der Waals surface area contributed by atoms with Crippen molar-refractivity contribution < 1.29 is 57.4 Å². The summed E-state index contributed by atoms with van der Waals surface area (Å²) >= 11 is 1.07. The van der Waals surface area contributed by atoms with Crippen LogP contribution in [0.25, 0.3) is 0 Å². The van der Waals surface area contributed by atoms with Crippen LogP contribution in [0.3, 0.4) is 0 Å². The van der Waals surface area contributed by atoms with Crippen LogP contribution in [0, 0.1) is 5.92 Å². The first-order chi connectivity index (χ1) is 12.8. The second-order valence-corrected chi connectivity index (χ2v) is 7.67. The van der Waals surface area contributed by atoms with Gasteiger partial charge in [-0.3, -0.25) is 0 Å². The molecule has 1 aliphatic carbocycles. The van der Waals surface area contributed by atoms with Gasteiger partial charge in [0.2, 0.25) is 0 Å². The van der Waals surface area contributed by atoms with Crippen LogP contribution in [-0.2, 0) is 12.6 Å². The number of carbonyl (C=O) groups is 1. The molecule has 0 unspecified atom stereocenters. The van der Waals surface area contributed by atoms with E-state index < -0.39 is 17.7 Å². The fourth-order valence-corrected chi connectivity index (χ4v) is 4.03. The Morgan fingerprint density at radius 3 is 2.57 bits per heavy atom. The summed E-state index contributed by atoms with van der Waals surface area (Å²) in [7, 11) is 0. The fourth-order valence-electron chi connectivity index (χ4n) is 3.24. The van der Waals surface area contributed by atoms with E-state index in [0.717, 1.165) is 49.2 Å². The average Bonchev–Trinajstić information content (AvgIpc) is 3.09. The van der Waals surface area contributed by atoms with Crippen LogP contribution in [0.1, 0.15) is 58.7 Å².